The molecule has 1 aliphatic heterocycles. The van der Waals surface area contributed by atoms with Crippen molar-refractivity contribution in [3.63, 3.8) is 0 Å². The van der Waals surface area contributed by atoms with Gasteiger partial charge in [-0.2, -0.15) is 0 Å². The highest BCUT2D eigenvalue weighted by molar-refractivity contribution is 6.16. The number of halogens is 1. The quantitative estimate of drug-likeness (QED) is 0.770. The van der Waals surface area contributed by atoms with Crippen LogP contribution in [0.3, 0.4) is 0 Å². The molecule has 0 saturated carbocycles. The van der Waals surface area contributed by atoms with E-state index in [-0.39, 0.29) is 0 Å². The topological polar surface area (TPSA) is 44.5 Å². The summed E-state index contributed by atoms with van der Waals surface area (Å²) in [5.41, 5.74) is 1.57. The van der Waals surface area contributed by atoms with Gasteiger partial charge in [0.25, 0.3) is 0 Å². The Bertz CT molecular complexity index is 538. The molecule has 0 radical (unpaired) electrons. The number of hydrogen-bond acceptors (Lipinski definition) is 4. The predicted molar refractivity (Wildman–Crippen MR) is 62.5 cm³/mol. The maximum atomic E-state index is 5.68. The average Bonchev–Trinajstić information content (AvgIpc) is 2.87. The molecule has 1 aromatic heterocycles. The number of oxazole rings is 1. The van der Waals surface area contributed by atoms with Crippen LogP contribution in [0.1, 0.15) is 5.69 Å². The molecule has 2 aromatic rings. The fourth-order valence-electron chi connectivity index (χ4n) is 1.68. The highest BCUT2D eigenvalue weighted by Gasteiger charge is 2.14. The Kier molecular flexibility index (Phi) is 2.65. The fraction of sp³-hybridized carbons (Fsp3) is 0.250. The van der Waals surface area contributed by atoms with Crippen molar-refractivity contribution < 1.29 is 13.9 Å². The van der Waals surface area contributed by atoms with Crippen LogP contribution in [0, 0.1) is 0 Å². The summed E-state index contributed by atoms with van der Waals surface area (Å²) in [4.78, 5) is 4.25. The molecule has 4 nitrogen and oxygen atoms in total. The van der Waals surface area contributed by atoms with Crippen molar-refractivity contribution in [1.29, 1.82) is 0 Å². The second-order valence-electron chi connectivity index (χ2n) is 3.64. The Morgan fingerprint density at radius 3 is 2.76 bits per heavy atom. The minimum Gasteiger partial charge on any atom is -0.486 e. The van der Waals surface area contributed by atoms with Gasteiger partial charge in [-0.05, 0) is 18.2 Å². The van der Waals surface area contributed by atoms with Crippen LogP contribution in [0.15, 0.2) is 28.9 Å². The van der Waals surface area contributed by atoms with Gasteiger partial charge in [-0.15, -0.1) is 11.6 Å². The first kappa shape index (κ1) is 10.5. The lowest BCUT2D eigenvalue weighted by Crippen LogP contribution is -2.15. The van der Waals surface area contributed by atoms with E-state index in [9.17, 15) is 0 Å². The lowest BCUT2D eigenvalue weighted by molar-refractivity contribution is 0.171. The van der Waals surface area contributed by atoms with Gasteiger partial charge in [0.05, 0.1) is 11.6 Å². The maximum Gasteiger partial charge on any atom is 0.226 e. The van der Waals surface area contributed by atoms with Crippen LogP contribution in [-0.2, 0) is 5.88 Å². The summed E-state index contributed by atoms with van der Waals surface area (Å²) in [6, 6.07) is 5.60. The summed E-state index contributed by atoms with van der Waals surface area (Å²) in [6.07, 6.45) is 1.55. The molecule has 2 heterocycles. The molecule has 0 spiro atoms. The molecular weight excluding hydrogens is 242 g/mol. The molecule has 0 amide bonds. The largest absolute Gasteiger partial charge is 0.486 e. The minimum atomic E-state index is 0.341. The number of benzene rings is 1. The van der Waals surface area contributed by atoms with E-state index >= 15 is 0 Å². The zero-order valence-corrected chi connectivity index (χ0v) is 9.74. The maximum absolute atomic E-state index is 5.68. The van der Waals surface area contributed by atoms with Gasteiger partial charge < -0.3 is 13.9 Å². The standard InChI is InChI=1S/C12H10ClNO3/c13-6-9-7-17-12(14-9)8-1-2-10-11(5-8)16-4-3-15-10/h1-2,5,7H,3-4,6H2. The van der Waals surface area contributed by atoms with Gasteiger partial charge in [-0.3, -0.25) is 0 Å². The van der Waals surface area contributed by atoms with Crippen molar-refractivity contribution >= 4 is 11.6 Å². The molecule has 0 aliphatic carbocycles. The van der Waals surface area contributed by atoms with E-state index in [0.29, 0.717) is 25.0 Å². The number of fused-ring (bicyclic) bond motifs is 1. The van der Waals surface area contributed by atoms with Gasteiger partial charge in [-0.1, -0.05) is 0 Å². The summed E-state index contributed by atoms with van der Waals surface area (Å²) in [5, 5.41) is 0. The average molecular weight is 252 g/mol. The molecule has 88 valence electrons. The van der Waals surface area contributed by atoms with E-state index in [1.807, 2.05) is 18.2 Å². The summed E-state index contributed by atoms with van der Waals surface area (Å²) < 4.78 is 16.3. The third kappa shape index (κ3) is 1.96. The van der Waals surface area contributed by atoms with Gasteiger partial charge in [-0.25, -0.2) is 4.98 Å². The molecule has 0 atom stereocenters. The summed E-state index contributed by atoms with van der Waals surface area (Å²) in [6.45, 7) is 1.15. The van der Waals surface area contributed by atoms with Crippen LogP contribution in [0.5, 0.6) is 11.5 Å². The van der Waals surface area contributed by atoms with Gasteiger partial charge in [0.15, 0.2) is 11.5 Å². The summed E-state index contributed by atoms with van der Waals surface area (Å²) in [7, 11) is 0. The van der Waals surface area contributed by atoms with Crippen molar-refractivity contribution in [3.8, 4) is 23.0 Å². The molecule has 1 aliphatic rings. The smallest absolute Gasteiger partial charge is 0.226 e. The van der Waals surface area contributed by atoms with E-state index in [4.69, 9.17) is 25.5 Å². The third-order valence-corrected chi connectivity index (χ3v) is 2.75. The van der Waals surface area contributed by atoms with E-state index < -0.39 is 0 Å². The van der Waals surface area contributed by atoms with E-state index in [1.54, 1.807) is 6.26 Å². The number of ether oxygens (including phenoxy) is 2. The zero-order chi connectivity index (χ0) is 11.7. The minimum absolute atomic E-state index is 0.341. The molecule has 5 heteroatoms. The Morgan fingerprint density at radius 1 is 1.18 bits per heavy atom. The van der Waals surface area contributed by atoms with Gasteiger partial charge in [0.1, 0.15) is 19.5 Å². The number of alkyl halides is 1. The number of aromatic nitrogens is 1. The Morgan fingerprint density at radius 2 is 2.00 bits per heavy atom. The molecule has 0 bridgehead atoms. The van der Waals surface area contributed by atoms with Crippen molar-refractivity contribution in [2.75, 3.05) is 13.2 Å². The second kappa shape index (κ2) is 4.30. The van der Waals surface area contributed by atoms with Crippen molar-refractivity contribution in [2.45, 2.75) is 5.88 Å². The lowest BCUT2D eigenvalue weighted by atomic mass is 10.2. The molecule has 0 saturated heterocycles. The van der Waals surface area contributed by atoms with Crippen LogP contribution in [0.4, 0.5) is 0 Å². The highest BCUT2D eigenvalue weighted by Crippen LogP contribution is 2.34. The molecule has 0 unspecified atom stereocenters. The van der Waals surface area contributed by atoms with Crippen molar-refractivity contribution in [2.24, 2.45) is 0 Å². The Hall–Kier alpha value is -1.68. The molecule has 0 N–H and O–H groups in total. The summed E-state index contributed by atoms with van der Waals surface area (Å²) in [5.74, 6) is 2.36. The number of nitrogens with zero attached hydrogens (tertiary/aromatic N) is 1. The van der Waals surface area contributed by atoms with Crippen LogP contribution in [0.2, 0.25) is 0 Å². The van der Waals surface area contributed by atoms with Gasteiger partial charge >= 0.3 is 0 Å². The first-order valence-corrected chi connectivity index (χ1v) is 5.80. The molecule has 3 rings (SSSR count). The second-order valence-corrected chi connectivity index (χ2v) is 3.90. The zero-order valence-electron chi connectivity index (χ0n) is 8.98. The van der Waals surface area contributed by atoms with Crippen molar-refractivity contribution in [1.82, 2.24) is 4.98 Å². The highest BCUT2D eigenvalue weighted by atomic mass is 35.5. The van der Waals surface area contributed by atoms with E-state index in [2.05, 4.69) is 4.98 Å². The van der Waals surface area contributed by atoms with Crippen LogP contribution in [0.25, 0.3) is 11.5 Å². The van der Waals surface area contributed by atoms with Gasteiger partial charge in [0, 0.05) is 5.56 Å². The number of hydrogen-bond donors (Lipinski definition) is 0. The van der Waals surface area contributed by atoms with Crippen LogP contribution < -0.4 is 9.47 Å². The molecule has 17 heavy (non-hydrogen) atoms. The van der Waals surface area contributed by atoms with E-state index in [1.165, 1.54) is 0 Å². The van der Waals surface area contributed by atoms with Gasteiger partial charge in [0.2, 0.25) is 5.89 Å². The third-order valence-electron chi connectivity index (χ3n) is 2.48. The predicted octanol–water partition coefficient (Wildman–Crippen LogP) is 2.85. The normalized spacial score (nSPS) is 13.7. The first-order chi connectivity index (χ1) is 8.36. The number of rotatable bonds is 2. The fourth-order valence-corrected chi connectivity index (χ4v) is 1.80. The molecular formula is C12H10ClNO3. The van der Waals surface area contributed by atoms with Crippen LogP contribution in [-0.4, -0.2) is 18.2 Å². The summed E-state index contributed by atoms with van der Waals surface area (Å²) >= 11 is 5.68. The lowest BCUT2D eigenvalue weighted by Gasteiger charge is -2.18. The monoisotopic (exact) mass is 251 g/mol. The molecule has 0 fully saturated rings. The first-order valence-electron chi connectivity index (χ1n) is 5.27. The Balaban J connectivity index is 1.97. The van der Waals surface area contributed by atoms with Crippen LogP contribution >= 0.6 is 11.6 Å². The molecule has 1 aromatic carbocycles. The van der Waals surface area contributed by atoms with Crippen molar-refractivity contribution in [3.05, 3.63) is 30.2 Å². The van der Waals surface area contributed by atoms with E-state index in [0.717, 1.165) is 22.8 Å². The SMILES string of the molecule is ClCc1coc(-c2ccc3c(c2)OCCO3)n1. The Labute approximate surface area is 103 Å².